The largest absolute Gasteiger partial charge is 0.463 e. The highest BCUT2D eigenvalue weighted by atomic mass is 16.5. The molecular weight excluding hydrogens is 204 g/mol. The van der Waals surface area contributed by atoms with Crippen LogP contribution in [-0.2, 0) is 17.8 Å². The molecule has 1 aromatic rings. The summed E-state index contributed by atoms with van der Waals surface area (Å²) in [5.41, 5.74) is 5.46. The number of hydrogen-bond acceptors (Lipinski definition) is 4. The molecule has 1 aliphatic rings. The highest BCUT2D eigenvalue weighted by Gasteiger charge is 2.20. The van der Waals surface area contributed by atoms with E-state index in [1.54, 1.807) is 0 Å². The fraction of sp³-hybridized carbons (Fsp3) is 0.667. The number of nitrogens with two attached hydrogens (primary N) is 1. The topological polar surface area (TPSA) is 60.4 Å². The molecule has 1 fully saturated rings. The Kier molecular flexibility index (Phi) is 4.39. The van der Waals surface area contributed by atoms with Gasteiger partial charge in [-0.05, 0) is 30.9 Å². The first kappa shape index (κ1) is 11.6. The second kappa shape index (κ2) is 6.03. The zero-order valence-electron chi connectivity index (χ0n) is 9.58. The molecule has 2 rings (SSSR count). The molecule has 90 valence electrons. The van der Waals surface area contributed by atoms with E-state index < -0.39 is 0 Å². The van der Waals surface area contributed by atoms with Crippen molar-refractivity contribution in [2.75, 3.05) is 19.8 Å². The molecular formula is C12H20N2O2. The molecule has 0 radical (unpaired) electrons. The Bertz CT molecular complexity index is 308. The van der Waals surface area contributed by atoms with E-state index >= 15 is 0 Å². The van der Waals surface area contributed by atoms with Gasteiger partial charge in [0.25, 0.3) is 0 Å². The van der Waals surface area contributed by atoms with Crippen LogP contribution in [0.4, 0.5) is 0 Å². The molecule has 0 atom stereocenters. The maximum absolute atomic E-state index is 5.51. The summed E-state index contributed by atoms with van der Waals surface area (Å²) in [7, 11) is 0. The summed E-state index contributed by atoms with van der Waals surface area (Å²) in [5.74, 6) is 2.61. The van der Waals surface area contributed by atoms with Gasteiger partial charge in [-0.2, -0.15) is 0 Å². The highest BCUT2D eigenvalue weighted by Crippen LogP contribution is 2.28. The fourth-order valence-corrected chi connectivity index (χ4v) is 1.52. The van der Waals surface area contributed by atoms with Crippen LogP contribution in [0.15, 0.2) is 16.5 Å². The first-order chi connectivity index (χ1) is 7.88. The Balaban J connectivity index is 1.49. The molecule has 0 bridgehead atoms. The molecule has 0 spiro atoms. The zero-order valence-corrected chi connectivity index (χ0v) is 9.58. The van der Waals surface area contributed by atoms with Crippen molar-refractivity contribution in [2.45, 2.75) is 25.9 Å². The molecule has 0 aliphatic heterocycles. The molecule has 0 amide bonds. The van der Waals surface area contributed by atoms with Crippen molar-refractivity contribution >= 4 is 0 Å². The molecule has 1 saturated carbocycles. The van der Waals surface area contributed by atoms with Crippen molar-refractivity contribution in [2.24, 2.45) is 11.7 Å². The van der Waals surface area contributed by atoms with Gasteiger partial charge in [-0.15, -0.1) is 0 Å². The van der Waals surface area contributed by atoms with Gasteiger partial charge in [0, 0.05) is 13.2 Å². The molecule has 4 heteroatoms. The van der Waals surface area contributed by atoms with Crippen LogP contribution in [0.3, 0.4) is 0 Å². The van der Waals surface area contributed by atoms with Gasteiger partial charge in [-0.3, -0.25) is 0 Å². The number of nitrogens with one attached hydrogen (secondary N) is 1. The van der Waals surface area contributed by atoms with Gasteiger partial charge in [0.1, 0.15) is 11.5 Å². The van der Waals surface area contributed by atoms with Crippen molar-refractivity contribution in [3.63, 3.8) is 0 Å². The third-order valence-electron chi connectivity index (χ3n) is 2.69. The van der Waals surface area contributed by atoms with Gasteiger partial charge in [0.05, 0.1) is 19.7 Å². The second-order valence-corrected chi connectivity index (χ2v) is 4.27. The summed E-state index contributed by atoms with van der Waals surface area (Å²) in [4.78, 5) is 0. The van der Waals surface area contributed by atoms with Gasteiger partial charge in [-0.25, -0.2) is 0 Å². The highest BCUT2D eigenvalue weighted by molar-refractivity contribution is 5.06. The van der Waals surface area contributed by atoms with Crippen molar-refractivity contribution < 1.29 is 9.15 Å². The van der Waals surface area contributed by atoms with Crippen molar-refractivity contribution in [1.82, 2.24) is 5.32 Å². The van der Waals surface area contributed by atoms with Crippen LogP contribution >= 0.6 is 0 Å². The third-order valence-corrected chi connectivity index (χ3v) is 2.69. The maximum atomic E-state index is 5.51. The standard InChI is InChI=1S/C12H20N2O2/c13-7-11-3-4-12(16-11)8-14-5-6-15-9-10-1-2-10/h3-4,10,14H,1-2,5-9,13H2. The number of rotatable bonds is 8. The summed E-state index contributed by atoms with van der Waals surface area (Å²) in [6.45, 7) is 3.78. The Morgan fingerprint density at radius 1 is 1.38 bits per heavy atom. The molecule has 4 nitrogen and oxygen atoms in total. The number of hydrogen-bond donors (Lipinski definition) is 2. The Hall–Kier alpha value is -0.840. The molecule has 1 aromatic heterocycles. The van der Waals surface area contributed by atoms with E-state index in [1.807, 2.05) is 12.1 Å². The van der Waals surface area contributed by atoms with Crippen molar-refractivity contribution in [1.29, 1.82) is 0 Å². The first-order valence-corrected chi connectivity index (χ1v) is 5.94. The van der Waals surface area contributed by atoms with Crippen LogP contribution in [0.25, 0.3) is 0 Å². The smallest absolute Gasteiger partial charge is 0.118 e. The van der Waals surface area contributed by atoms with Crippen LogP contribution in [0.1, 0.15) is 24.4 Å². The van der Waals surface area contributed by atoms with Crippen LogP contribution in [0.2, 0.25) is 0 Å². The molecule has 3 N–H and O–H groups in total. The monoisotopic (exact) mass is 224 g/mol. The molecule has 1 heterocycles. The van der Waals surface area contributed by atoms with Gasteiger partial charge in [0.15, 0.2) is 0 Å². The van der Waals surface area contributed by atoms with Crippen molar-refractivity contribution in [3.8, 4) is 0 Å². The Morgan fingerprint density at radius 2 is 2.19 bits per heavy atom. The van der Waals surface area contributed by atoms with Gasteiger partial charge >= 0.3 is 0 Å². The number of ether oxygens (including phenoxy) is 1. The van der Waals surface area contributed by atoms with E-state index in [0.717, 1.165) is 43.7 Å². The van der Waals surface area contributed by atoms with Gasteiger partial charge in [0.2, 0.25) is 0 Å². The fourth-order valence-electron chi connectivity index (χ4n) is 1.52. The Labute approximate surface area is 96.1 Å². The average molecular weight is 224 g/mol. The minimum Gasteiger partial charge on any atom is -0.463 e. The summed E-state index contributed by atoms with van der Waals surface area (Å²) < 4.78 is 11.0. The van der Waals surface area contributed by atoms with Crippen LogP contribution < -0.4 is 11.1 Å². The summed E-state index contributed by atoms with van der Waals surface area (Å²) in [5, 5.41) is 3.27. The zero-order chi connectivity index (χ0) is 11.2. The lowest BCUT2D eigenvalue weighted by Crippen LogP contribution is -2.19. The van der Waals surface area contributed by atoms with E-state index in [0.29, 0.717) is 6.54 Å². The molecule has 0 aromatic carbocycles. The summed E-state index contributed by atoms with van der Waals surface area (Å²) in [6, 6.07) is 3.88. The predicted octanol–water partition coefficient (Wildman–Crippen LogP) is 1.25. The molecule has 0 unspecified atom stereocenters. The van der Waals surface area contributed by atoms with Crippen LogP contribution in [0, 0.1) is 5.92 Å². The third kappa shape index (κ3) is 3.96. The van der Waals surface area contributed by atoms with Crippen LogP contribution in [-0.4, -0.2) is 19.8 Å². The van der Waals surface area contributed by atoms with Crippen LogP contribution in [0.5, 0.6) is 0 Å². The van der Waals surface area contributed by atoms with E-state index in [9.17, 15) is 0 Å². The van der Waals surface area contributed by atoms with Gasteiger partial charge < -0.3 is 20.2 Å². The maximum Gasteiger partial charge on any atom is 0.118 e. The van der Waals surface area contributed by atoms with Gasteiger partial charge in [-0.1, -0.05) is 0 Å². The number of furan rings is 1. The van der Waals surface area contributed by atoms with E-state index in [-0.39, 0.29) is 0 Å². The molecule has 0 saturated heterocycles. The lowest BCUT2D eigenvalue weighted by molar-refractivity contribution is 0.125. The van der Waals surface area contributed by atoms with E-state index in [1.165, 1.54) is 12.8 Å². The summed E-state index contributed by atoms with van der Waals surface area (Å²) in [6.07, 6.45) is 2.70. The average Bonchev–Trinajstić information content (AvgIpc) is 3.01. The van der Waals surface area contributed by atoms with Crippen molar-refractivity contribution in [3.05, 3.63) is 23.7 Å². The van der Waals surface area contributed by atoms with E-state index in [4.69, 9.17) is 14.9 Å². The first-order valence-electron chi connectivity index (χ1n) is 5.94. The SMILES string of the molecule is NCc1ccc(CNCCOCC2CC2)o1. The summed E-state index contributed by atoms with van der Waals surface area (Å²) >= 11 is 0. The Morgan fingerprint density at radius 3 is 2.88 bits per heavy atom. The minimum absolute atomic E-state index is 0.463. The molecule has 16 heavy (non-hydrogen) atoms. The second-order valence-electron chi connectivity index (χ2n) is 4.27. The molecule has 1 aliphatic carbocycles. The minimum atomic E-state index is 0.463. The lowest BCUT2D eigenvalue weighted by Gasteiger charge is -2.04. The normalized spacial score (nSPS) is 15.6. The quantitative estimate of drug-likeness (QED) is 0.652. The predicted molar refractivity (Wildman–Crippen MR) is 61.8 cm³/mol. The van der Waals surface area contributed by atoms with E-state index in [2.05, 4.69) is 5.32 Å². The lowest BCUT2D eigenvalue weighted by atomic mass is 10.4.